The summed E-state index contributed by atoms with van der Waals surface area (Å²) < 4.78 is 0. The molecule has 0 fully saturated rings. The van der Waals surface area contributed by atoms with Gasteiger partial charge in [0.25, 0.3) is 5.91 Å². The number of carbonyl (C=O) groups excluding carboxylic acids is 1. The standard InChI is InChI=1S/C27H23N3O3S/c31-26-22(24(27(32)33)28-30(26)20-8-2-1-3-9-20)16-21-10-11-23(34-21)19-14-17-6-4-12-29-13-5-7-18(15-19)25(17)29/h1-3,8-11,14-16H,4-7,12-13H2,(H,32,33)/b22-16-. The van der Waals surface area contributed by atoms with Crippen LogP contribution in [0.3, 0.4) is 0 Å². The van der Waals surface area contributed by atoms with Crippen molar-refractivity contribution >= 4 is 46.4 Å². The van der Waals surface area contributed by atoms with Gasteiger partial charge in [-0.05, 0) is 84.8 Å². The molecule has 7 heteroatoms. The fraction of sp³-hybridized carbons (Fsp3) is 0.222. The summed E-state index contributed by atoms with van der Waals surface area (Å²) in [5.74, 6) is -1.65. The highest BCUT2D eigenvalue weighted by Gasteiger charge is 2.35. The second-order valence-corrected chi connectivity index (χ2v) is 9.92. The van der Waals surface area contributed by atoms with Crippen molar-refractivity contribution in [2.45, 2.75) is 25.7 Å². The van der Waals surface area contributed by atoms with Gasteiger partial charge in [0.2, 0.25) is 0 Å². The molecule has 0 atom stereocenters. The van der Waals surface area contributed by atoms with Gasteiger partial charge in [-0.3, -0.25) is 4.79 Å². The van der Waals surface area contributed by atoms with Gasteiger partial charge >= 0.3 is 5.97 Å². The van der Waals surface area contributed by atoms with Gasteiger partial charge in [-0.1, -0.05) is 18.2 Å². The van der Waals surface area contributed by atoms with Crippen LogP contribution in [0.5, 0.6) is 0 Å². The van der Waals surface area contributed by atoms with E-state index in [9.17, 15) is 14.7 Å². The number of carboxylic acid groups (broad SMARTS) is 1. The average Bonchev–Trinajstić information content (AvgIpc) is 3.45. The zero-order chi connectivity index (χ0) is 23.2. The van der Waals surface area contributed by atoms with Crippen LogP contribution in [-0.2, 0) is 22.4 Å². The quantitative estimate of drug-likeness (QED) is 0.547. The summed E-state index contributed by atoms with van der Waals surface area (Å²) in [6.45, 7) is 2.30. The van der Waals surface area contributed by atoms with Crippen LogP contribution in [0, 0.1) is 0 Å². The maximum atomic E-state index is 13.1. The van der Waals surface area contributed by atoms with Gasteiger partial charge in [0.15, 0.2) is 5.71 Å². The molecule has 6 rings (SSSR count). The molecule has 0 saturated heterocycles. The van der Waals surface area contributed by atoms with E-state index in [1.54, 1.807) is 41.7 Å². The molecule has 4 heterocycles. The maximum absolute atomic E-state index is 13.1. The third-order valence-corrected chi connectivity index (χ3v) is 7.69. The minimum absolute atomic E-state index is 0.0981. The Kier molecular flexibility index (Phi) is 5.07. The number of carbonyl (C=O) groups is 2. The van der Waals surface area contributed by atoms with Gasteiger partial charge < -0.3 is 10.0 Å². The highest BCUT2D eigenvalue weighted by molar-refractivity contribution is 7.16. The second-order valence-electron chi connectivity index (χ2n) is 8.80. The molecule has 0 aliphatic carbocycles. The van der Waals surface area contributed by atoms with Gasteiger partial charge in [-0.15, -0.1) is 11.3 Å². The van der Waals surface area contributed by atoms with E-state index in [0.717, 1.165) is 40.7 Å². The first-order valence-electron chi connectivity index (χ1n) is 11.5. The number of hydrogen-bond donors (Lipinski definition) is 1. The Morgan fingerprint density at radius 1 is 1.00 bits per heavy atom. The van der Waals surface area contributed by atoms with Crippen LogP contribution in [0.2, 0.25) is 0 Å². The predicted molar refractivity (Wildman–Crippen MR) is 136 cm³/mol. The zero-order valence-corrected chi connectivity index (χ0v) is 19.3. The third-order valence-electron chi connectivity index (χ3n) is 6.61. The Labute approximate surface area is 201 Å². The van der Waals surface area contributed by atoms with Gasteiger partial charge in [0.1, 0.15) is 0 Å². The van der Waals surface area contributed by atoms with Crippen molar-refractivity contribution < 1.29 is 14.7 Å². The molecule has 34 heavy (non-hydrogen) atoms. The topological polar surface area (TPSA) is 73.2 Å². The molecular formula is C27H23N3O3S. The number of hydrogen-bond acceptors (Lipinski definition) is 5. The van der Waals surface area contributed by atoms with Crippen LogP contribution in [0.25, 0.3) is 16.5 Å². The molecule has 0 spiro atoms. The number of rotatable bonds is 4. The van der Waals surface area contributed by atoms with Crippen LogP contribution in [-0.4, -0.2) is 35.8 Å². The fourth-order valence-electron chi connectivity index (χ4n) is 5.12. The summed E-state index contributed by atoms with van der Waals surface area (Å²) in [6.07, 6.45) is 6.25. The lowest BCUT2D eigenvalue weighted by atomic mass is 9.90. The van der Waals surface area contributed by atoms with E-state index in [1.165, 1.54) is 35.2 Å². The van der Waals surface area contributed by atoms with E-state index in [1.807, 2.05) is 12.1 Å². The summed E-state index contributed by atoms with van der Waals surface area (Å²) >= 11 is 1.57. The lowest BCUT2D eigenvalue weighted by Crippen LogP contribution is -2.34. The van der Waals surface area contributed by atoms with E-state index in [0.29, 0.717) is 5.69 Å². The van der Waals surface area contributed by atoms with Crippen LogP contribution in [0.1, 0.15) is 28.8 Å². The number of aryl methyl sites for hydroxylation is 2. The van der Waals surface area contributed by atoms with E-state index in [-0.39, 0.29) is 11.3 Å². The zero-order valence-electron chi connectivity index (χ0n) is 18.5. The molecule has 0 unspecified atom stereocenters. The lowest BCUT2D eigenvalue weighted by molar-refractivity contribution is -0.129. The monoisotopic (exact) mass is 469 g/mol. The predicted octanol–water partition coefficient (Wildman–Crippen LogP) is 4.98. The molecule has 3 aliphatic heterocycles. The van der Waals surface area contributed by atoms with Crippen molar-refractivity contribution in [3.8, 4) is 10.4 Å². The first kappa shape index (κ1) is 20.9. The Bertz CT molecular complexity index is 1340. The van der Waals surface area contributed by atoms with Gasteiger partial charge in [0, 0.05) is 28.5 Å². The first-order valence-corrected chi connectivity index (χ1v) is 12.3. The van der Waals surface area contributed by atoms with Crippen molar-refractivity contribution in [3.63, 3.8) is 0 Å². The minimum atomic E-state index is -1.21. The molecule has 170 valence electrons. The highest BCUT2D eigenvalue weighted by Crippen LogP contribution is 2.40. The molecule has 1 N–H and O–H groups in total. The van der Waals surface area contributed by atoms with Crippen molar-refractivity contribution in [1.29, 1.82) is 0 Å². The Balaban J connectivity index is 1.34. The molecule has 2 aromatic carbocycles. The molecule has 1 amide bonds. The summed E-state index contributed by atoms with van der Waals surface area (Å²) in [4.78, 5) is 29.4. The van der Waals surface area contributed by atoms with Gasteiger partial charge in [0.05, 0.1) is 11.3 Å². The van der Waals surface area contributed by atoms with Crippen molar-refractivity contribution in [1.82, 2.24) is 0 Å². The molecule has 1 aromatic heterocycles. The summed E-state index contributed by atoms with van der Waals surface area (Å²) in [5.41, 5.74) is 5.90. The van der Waals surface area contributed by atoms with Crippen LogP contribution < -0.4 is 9.91 Å². The number of hydrazone groups is 1. The summed E-state index contributed by atoms with van der Waals surface area (Å²) in [6, 6.07) is 17.5. The first-order chi connectivity index (χ1) is 16.6. The Morgan fingerprint density at radius 2 is 1.71 bits per heavy atom. The molecule has 0 bridgehead atoms. The fourth-order valence-corrected chi connectivity index (χ4v) is 6.06. The van der Waals surface area contributed by atoms with E-state index in [2.05, 4.69) is 28.2 Å². The number of carboxylic acids is 1. The number of aliphatic carboxylic acids is 1. The number of amides is 1. The SMILES string of the molecule is O=C(O)C1=NN(c2ccccc2)C(=O)/C1=C\c1ccc(-c2cc3c4c(c2)CCCN4CCC3)s1. The van der Waals surface area contributed by atoms with Crippen molar-refractivity contribution in [2.24, 2.45) is 5.10 Å². The molecule has 6 nitrogen and oxygen atoms in total. The molecule has 3 aromatic rings. The number of nitrogens with zero attached hydrogens (tertiary/aromatic N) is 3. The Hall–Kier alpha value is -3.71. The number of anilines is 2. The van der Waals surface area contributed by atoms with Crippen molar-refractivity contribution in [2.75, 3.05) is 23.0 Å². The van der Waals surface area contributed by atoms with E-state index in [4.69, 9.17) is 0 Å². The van der Waals surface area contributed by atoms with Crippen LogP contribution in [0.4, 0.5) is 11.4 Å². The molecular weight excluding hydrogens is 446 g/mol. The van der Waals surface area contributed by atoms with Crippen LogP contribution in [0.15, 0.2) is 65.3 Å². The third kappa shape index (κ3) is 3.53. The smallest absolute Gasteiger partial charge is 0.357 e. The average molecular weight is 470 g/mol. The van der Waals surface area contributed by atoms with Crippen molar-refractivity contribution in [3.05, 3.63) is 76.2 Å². The summed E-state index contributed by atoms with van der Waals surface area (Å²) in [5, 5.41) is 14.9. The van der Waals surface area contributed by atoms with E-state index < -0.39 is 11.9 Å². The maximum Gasteiger partial charge on any atom is 0.357 e. The highest BCUT2D eigenvalue weighted by atomic mass is 32.1. The minimum Gasteiger partial charge on any atom is -0.476 e. The molecule has 0 radical (unpaired) electrons. The van der Waals surface area contributed by atoms with Gasteiger partial charge in [-0.25, -0.2) is 4.79 Å². The normalized spacial score (nSPS) is 18.3. The summed E-state index contributed by atoms with van der Waals surface area (Å²) in [7, 11) is 0. The van der Waals surface area contributed by atoms with E-state index >= 15 is 0 Å². The number of thiophene rings is 1. The molecule has 3 aliphatic rings. The second kappa shape index (κ2) is 8.25. The van der Waals surface area contributed by atoms with Gasteiger partial charge in [-0.2, -0.15) is 10.1 Å². The number of benzene rings is 2. The largest absolute Gasteiger partial charge is 0.476 e. The molecule has 0 saturated carbocycles. The number of para-hydroxylation sites is 1. The Morgan fingerprint density at radius 3 is 2.38 bits per heavy atom. The lowest BCUT2D eigenvalue weighted by Gasteiger charge is -2.37. The van der Waals surface area contributed by atoms with Crippen LogP contribution >= 0.6 is 11.3 Å².